The first-order valence-corrected chi connectivity index (χ1v) is 15.2. The van der Waals surface area contributed by atoms with E-state index in [1.165, 1.54) is 10.6 Å². The van der Waals surface area contributed by atoms with Crippen LogP contribution in [0.2, 0.25) is 0 Å². The predicted octanol–water partition coefficient (Wildman–Crippen LogP) is 4.18. The topological polar surface area (TPSA) is 143 Å². The highest BCUT2D eigenvalue weighted by Gasteiger charge is 2.27. The van der Waals surface area contributed by atoms with E-state index in [1.807, 2.05) is 43.3 Å². The summed E-state index contributed by atoms with van der Waals surface area (Å²) < 4.78 is 30.9. The Hall–Kier alpha value is -4.72. The van der Waals surface area contributed by atoms with E-state index >= 15 is 0 Å². The number of nitriles is 1. The SMILES string of the molecule is Cc1c(NC(=O)COc2ccc(C#N)cc2)cccc1-c1ccc(C(N)=O)c2c1C=C(C1=CCN(S(C)(=O)=O)CC1)C2. The van der Waals surface area contributed by atoms with Crippen LogP contribution in [0.25, 0.3) is 17.2 Å². The number of fused-ring (bicyclic) bond motifs is 1. The zero-order valence-electron chi connectivity index (χ0n) is 23.3. The van der Waals surface area contributed by atoms with Crippen LogP contribution in [-0.4, -0.2) is 50.5 Å². The van der Waals surface area contributed by atoms with Gasteiger partial charge in [0.2, 0.25) is 15.9 Å². The number of hydrogen-bond donors (Lipinski definition) is 2. The van der Waals surface area contributed by atoms with Gasteiger partial charge in [-0.15, -0.1) is 0 Å². The largest absolute Gasteiger partial charge is 0.484 e. The van der Waals surface area contributed by atoms with Gasteiger partial charge in [-0.25, -0.2) is 8.42 Å². The molecule has 0 aromatic heterocycles. The number of primary amides is 1. The molecule has 0 unspecified atom stereocenters. The minimum absolute atomic E-state index is 0.198. The number of nitrogens with one attached hydrogen (secondary N) is 1. The van der Waals surface area contributed by atoms with E-state index in [0.717, 1.165) is 39.0 Å². The molecule has 0 spiro atoms. The first-order chi connectivity index (χ1) is 20.0. The van der Waals surface area contributed by atoms with Gasteiger partial charge in [-0.05, 0) is 95.1 Å². The molecule has 0 radical (unpaired) electrons. The molecule has 0 bridgehead atoms. The lowest BCUT2D eigenvalue weighted by molar-refractivity contribution is -0.118. The van der Waals surface area contributed by atoms with E-state index in [0.29, 0.717) is 48.5 Å². The molecule has 2 aliphatic rings. The fourth-order valence-corrected chi connectivity index (χ4v) is 6.14. The zero-order chi connectivity index (χ0) is 30.0. The Morgan fingerprint density at radius 3 is 2.48 bits per heavy atom. The minimum atomic E-state index is -3.27. The predicted molar refractivity (Wildman–Crippen MR) is 161 cm³/mol. The second-order valence-electron chi connectivity index (χ2n) is 10.3. The summed E-state index contributed by atoms with van der Waals surface area (Å²) in [7, 11) is -3.27. The lowest BCUT2D eigenvalue weighted by Gasteiger charge is -2.24. The van der Waals surface area contributed by atoms with Gasteiger partial charge in [0, 0.05) is 24.3 Å². The van der Waals surface area contributed by atoms with Crippen LogP contribution in [0.4, 0.5) is 5.69 Å². The van der Waals surface area contributed by atoms with E-state index in [-0.39, 0.29) is 12.5 Å². The number of ether oxygens (including phenoxy) is 1. The van der Waals surface area contributed by atoms with Crippen LogP contribution in [0.5, 0.6) is 5.75 Å². The van der Waals surface area contributed by atoms with Crippen molar-refractivity contribution < 1.29 is 22.7 Å². The Bertz CT molecular complexity index is 1800. The van der Waals surface area contributed by atoms with Crippen molar-refractivity contribution in [2.45, 2.75) is 19.8 Å². The maximum absolute atomic E-state index is 12.7. The molecule has 214 valence electrons. The van der Waals surface area contributed by atoms with E-state index in [2.05, 4.69) is 11.4 Å². The van der Waals surface area contributed by atoms with Crippen LogP contribution in [0.1, 0.15) is 39.0 Å². The molecule has 0 saturated carbocycles. The number of allylic oxidation sites excluding steroid dienone is 1. The van der Waals surface area contributed by atoms with Gasteiger partial charge in [0.15, 0.2) is 6.61 Å². The molecular formula is C32H30N4O5S. The van der Waals surface area contributed by atoms with Gasteiger partial charge < -0.3 is 15.8 Å². The molecule has 3 aromatic carbocycles. The van der Waals surface area contributed by atoms with Gasteiger partial charge in [0.05, 0.1) is 17.9 Å². The summed E-state index contributed by atoms with van der Waals surface area (Å²) in [5.41, 5.74) is 13.8. The fraction of sp³-hybridized carbons (Fsp3) is 0.219. The van der Waals surface area contributed by atoms with Crippen molar-refractivity contribution in [3.8, 4) is 22.9 Å². The average Bonchev–Trinajstić information content (AvgIpc) is 3.42. The molecule has 10 heteroatoms. The standard InChI is InChI=1S/C32H30N4O5S/c1-20-25(4-3-5-30(20)35-31(37)19-41-24-8-6-21(18-33)7-9-24)26-10-11-27(32(34)38)29-17-23(16-28(26)29)22-12-14-36(15-13-22)42(2,39)40/h3-12,16H,13-15,17,19H2,1-2H3,(H2,34,38)(H,35,37). The van der Waals surface area contributed by atoms with Crippen molar-refractivity contribution in [1.29, 1.82) is 5.26 Å². The summed E-state index contributed by atoms with van der Waals surface area (Å²) in [4.78, 5) is 25.0. The Morgan fingerprint density at radius 2 is 1.83 bits per heavy atom. The van der Waals surface area contributed by atoms with Crippen LogP contribution >= 0.6 is 0 Å². The molecule has 3 aromatic rings. The lowest BCUT2D eigenvalue weighted by atomic mass is 9.90. The lowest BCUT2D eigenvalue weighted by Crippen LogP contribution is -2.34. The third-order valence-electron chi connectivity index (χ3n) is 7.61. The zero-order valence-corrected chi connectivity index (χ0v) is 24.1. The highest BCUT2D eigenvalue weighted by molar-refractivity contribution is 7.88. The highest BCUT2D eigenvalue weighted by atomic mass is 32.2. The van der Waals surface area contributed by atoms with Crippen molar-refractivity contribution in [1.82, 2.24) is 4.31 Å². The average molecular weight is 583 g/mol. The first-order valence-electron chi connectivity index (χ1n) is 13.4. The monoisotopic (exact) mass is 582 g/mol. The molecular weight excluding hydrogens is 552 g/mol. The third-order valence-corrected chi connectivity index (χ3v) is 8.88. The van der Waals surface area contributed by atoms with E-state index in [1.54, 1.807) is 30.3 Å². The summed E-state index contributed by atoms with van der Waals surface area (Å²) in [6.07, 6.45) is 6.32. The maximum Gasteiger partial charge on any atom is 0.262 e. The number of hydrogen-bond acceptors (Lipinski definition) is 6. The van der Waals surface area contributed by atoms with Gasteiger partial charge in [-0.2, -0.15) is 9.57 Å². The van der Waals surface area contributed by atoms with Gasteiger partial charge in [-0.3, -0.25) is 9.59 Å². The highest BCUT2D eigenvalue weighted by Crippen LogP contribution is 2.41. The number of carbonyl (C=O) groups is 2. The Morgan fingerprint density at radius 1 is 1.07 bits per heavy atom. The molecule has 5 rings (SSSR count). The number of nitrogens with zero attached hydrogens (tertiary/aromatic N) is 2. The molecule has 3 N–H and O–H groups in total. The molecule has 0 atom stereocenters. The van der Waals surface area contributed by atoms with Gasteiger partial charge in [0.25, 0.3) is 5.91 Å². The van der Waals surface area contributed by atoms with Crippen LogP contribution in [0.15, 0.2) is 71.8 Å². The Balaban J connectivity index is 1.41. The van der Waals surface area contributed by atoms with Crippen molar-refractivity contribution in [2.75, 3.05) is 31.3 Å². The molecule has 1 aliphatic carbocycles. The van der Waals surface area contributed by atoms with E-state index < -0.39 is 15.9 Å². The Labute approximate surface area is 245 Å². The molecule has 0 fully saturated rings. The number of benzene rings is 3. The van der Waals surface area contributed by atoms with Crippen LogP contribution in [0.3, 0.4) is 0 Å². The number of carbonyl (C=O) groups excluding carboxylic acids is 2. The second kappa shape index (κ2) is 11.6. The summed E-state index contributed by atoms with van der Waals surface area (Å²) in [6.45, 7) is 2.44. The number of nitrogens with two attached hydrogens (primary N) is 1. The van der Waals surface area contributed by atoms with E-state index in [4.69, 9.17) is 15.7 Å². The first kappa shape index (κ1) is 28.8. The van der Waals surface area contributed by atoms with E-state index in [9.17, 15) is 18.0 Å². The number of amides is 2. The van der Waals surface area contributed by atoms with Gasteiger partial charge in [-0.1, -0.05) is 30.4 Å². The summed E-state index contributed by atoms with van der Waals surface area (Å²) in [5, 5.41) is 11.9. The van der Waals surface area contributed by atoms with Crippen molar-refractivity contribution in [2.24, 2.45) is 5.73 Å². The summed E-state index contributed by atoms with van der Waals surface area (Å²) in [6, 6.07) is 17.8. The Kier molecular flexibility index (Phi) is 7.98. The molecule has 0 saturated heterocycles. The van der Waals surface area contributed by atoms with Gasteiger partial charge >= 0.3 is 0 Å². The van der Waals surface area contributed by atoms with Crippen molar-refractivity contribution in [3.05, 3.63) is 99.6 Å². The van der Waals surface area contributed by atoms with Crippen LogP contribution in [0, 0.1) is 18.3 Å². The third kappa shape index (κ3) is 5.98. The maximum atomic E-state index is 12.7. The van der Waals surface area contributed by atoms with Crippen LogP contribution < -0.4 is 15.8 Å². The molecule has 1 aliphatic heterocycles. The van der Waals surface area contributed by atoms with Gasteiger partial charge in [0.1, 0.15) is 5.75 Å². The summed E-state index contributed by atoms with van der Waals surface area (Å²) >= 11 is 0. The summed E-state index contributed by atoms with van der Waals surface area (Å²) in [5.74, 6) is -0.351. The minimum Gasteiger partial charge on any atom is -0.484 e. The van der Waals surface area contributed by atoms with Crippen LogP contribution in [-0.2, 0) is 21.2 Å². The smallest absolute Gasteiger partial charge is 0.262 e. The number of sulfonamides is 1. The number of anilines is 1. The molecule has 2 amide bonds. The normalized spacial score (nSPS) is 14.8. The molecule has 42 heavy (non-hydrogen) atoms. The second-order valence-corrected chi connectivity index (χ2v) is 12.3. The molecule has 9 nitrogen and oxygen atoms in total. The van der Waals surface area contributed by atoms with Crippen molar-refractivity contribution >= 4 is 33.6 Å². The quantitative estimate of drug-likeness (QED) is 0.408. The fourth-order valence-electron chi connectivity index (χ4n) is 5.37. The molecule has 1 heterocycles. The number of rotatable bonds is 8. The van der Waals surface area contributed by atoms with Crippen molar-refractivity contribution in [3.63, 3.8) is 0 Å².